The van der Waals surface area contributed by atoms with E-state index >= 15 is 0 Å². The highest BCUT2D eigenvalue weighted by atomic mass is 19.4. The van der Waals surface area contributed by atoms with Crippen molar-refractivity contribution in [3.63, 3.8) is 0 Å². The normalized spacial score (nSPS) is 24.6. The fraction of sp³-hybridized carbons (Fsp3) is 0.571. The minimum absolute atomic E-state index is 0.487. The van der Waals surface area contributed by atoms with Crippen molar-refractivity contribution in [3.05, 3.63) is 29.8 Å². The van der Waals surface area contributed by atoms with E-state index in [-0.39, 0.29) is 0 Å². The summed E-state index contributed by atoms with van der Waals surface area (Å²) < 4.78 is 37.5. The Morgan fingerprint density at radius 1 is 1.21 bits per heavy atom. The third kappa shape index (κ3) is 3.21. The average molecular weight is 272 g/mol. The van der Waals surface area contributed by atoms with Gasteiger partial charge >= 0.3 is 6.18 Å². The van der Waals surface area contributed by atoms with E-state index in [4.69, 9.17) is 0 Å². The summed E-state index contributed by atoms with van der Waals surface area (Å²) in [7, 11) is 1.95. The molecular formula is C14H19F3N2. The smallest absolute Gasteiger partial charge is 0.371 e. The van der Waals surface area contributed by atoms with Crippen LogP contribution >= 0.6 is 0 Å². The van der Waals surface area contributed by atoms with Crippen molar-refractivity contribution in [1.82, 2.24) is 5.32 Å². The monoisotopic (exact) mass is 272 g/mol. The Kier molecular flexibility index (Phi) is 4.04. The van der Waals surface area contributed by atoms with E-state index in [2.05, 4.69) is 17.1 Å². The summed E-state index contributed by atoms with van der Waals surface area (Å²) in [5.74, 6) is 0.487. The Bertz CT molecular complexity index is 414. The van der Waals surface area contributed by atoms with Gasteiger partial charge in [-0.3, -0.25) is 0 Å². The molecule has 0 bridgehead atoms. The first kappa shape index (κ1) is 14.2. The Morgan fingerprint density at radius 3 is 2.32 bits per heavy atom. The zero-order chi connectivity index (χ0) is 14.0. The Labute approximate surface area is 111 Å². The van der Waals surface area contributed by atoms with Crippen LogP contribution in [0.15, 0.2) is 24.3 Å². The highest BCUT2D eigenvalue weighted by molar-refractivity contribution is 5.48. The van der Waals surface area contributed by atoms with Crippen molar-refractivity contribution in [2.75, 3.05) is 25.0 Å². The standard InChI is InChI=1S/C14H19F3N2/c1-10-9-19(8-7-13(10)18-2)12-5-3-11(4-6-12)14(15,16)17/h3-6,10,13,18H,7-9H2,1-2H3. The molecule has 2 nitrogen and oxygen atoms in total. The molecule has 19 heavy (non-hydrogen) atoms. The maximum absolute atomic E-state index is 12.5. The third-order valence-electron chi connectivity index (χ3n) is 3.84. The molecule has 5 heteroatoms. The van der Waals surface area contributed by atoms with Gasteiger partial charge in [0.15, 0.2) is 0 Å². The van der Waals surface area contributed by atoms with E-state index in [0.29, 0.717) is 12.0 Å². The number of halogens is 3. The molecule has 0 amide bonds. The van der Waals surface area contributed by atoms with Gasteiger partial charge in [0.2, 0.25) is 0 Å². The van der Waals surface area contributed by atoms with E-state index in [9.17, 15) is 13.2 Å². The predicted molar refractivity (Wildman–Crippen MR) is 70.3 cm³/mol. The van der Waals surface area contributed by atoms with Gasteiger partial charge in [0, 0.05) is 24.8 Å². The lowest BCUT2D eigenvalue weighted by Gasteiger charge is -2.38. The number of piperidine rings is 1. The number of hydrogen-bond acceptors (Lipinski definition) is 2. The molecule has 2 rings (SSSR count). The molecule has 0 radical (unpaired) electrons. The number of rotatable bonds is 2. The van der Waals surface area contributed by atoms with Gasteiger partial charge in [0.25, 0.3) is 0 Å². The molecule has 0 aliphatic carbocycles. The molecule has 106 valence electrons. The van der Waals surface area contributed by atoms with E-state index in [1.54, 1.807) is 12.1 Å². The molecule has 0 spiro atoms. The number of hydrogen-bond donors (Lipinski definition) is 1. The molecular weight excluding hydrogens is 253 g/mol. The highest BCUT2D eigenvalue weighted by Gasteiger charge is 2.30. The van der Waals surface area contributed by atoms with Crippen molar-refractivity contribution in [2.45, 2.75) is 25.6 Å². The van der Waals surface area contributed by atoms with E-state index in [1.165, 1.54) is 0 Å². The van der Waals surface area contributed by atoms with E-state index < -0.39 is 11.7 Å². The van der Waals surface area contributed by atoms with Crippen LogP contribution in [-0.2, 0) is 6.18 Å². The van der Waals surface area contributed by atoms with Crippen LogP contribution in [0.2, 0.25) is 0 Å². The number of anilines is 1. The van der Waals surface area contributed by atoms with Gasteiger partial charge in [0.05, 0.1) is 5.56 Å². The molecule has 1 fully saturated rings. The first-order chi connectivity index (χ1) is 8.91. The van der Waals surface area contributed by atoms with Crippen molar-refractivity contribution in [1.29, 1.82) is 0 Å². The van der Waals surface area contributed by atoms with E-state index in [0.717, 1.165) is 37.3 Å². The summed E-state index contributed by atoms with van der Waals surface area (Å²) in [6.45, 7) is 3.91. The van der Waals surface area contributed by atoms with Gasteiger partial charge in [-0.1, -0.05) is 6.92 Å². The second-order valence-corrected chi connectivity index (χ2v) is 5.15. The van der Waals surface area contributed by atoms with Gasteiger partial charge in [-0.25, -0.2) is 0 Å². The lowest BCUT2D eigenvalue weighted by molar-refractivity contribution is -0.137. The summed E-state index contributed by atoms with van der Waals surface area (Å²) >= 11 is 0. The predicted octanol–water partition coefficient (Wildman–Crippen LogP) is 3.14. The average Bonchev–Trinajstić information content (AvgIpc) is 2.38. The van der Waals surface area contributed by atoms with Gasteiger partial charge in [0.1, 0.15) is 0 Å². The molecule has 1 heterocycles. The summed E-state index contributed by atoms with van der Waals surface area (Å²) in [6.07, 6.45) is -3.25. The van der Waals surface area contributed by atoms with Crippen LogP contribution in [0.1, 0.15) is 18.9 Å². The lowest BCUT2D eigenvalue weighted by atomic mass is 9.93. The van der Waals surface area contributed by atoms with Crippen LogP contribution < -0.4 is 10.2 Å². The first-order valence-electron chi connectivity index (χ1n) is 6.51. The SMILES string of the molecule is CNC1CCN(c2ccc(C(F)(F)F)cc2)CC1C. The molecule has 1 saturated heterocycles. The minimum atomic E-state index is -4.26. The molecule has 0 aromatic heterocycles. The number of nitrogens with one attached hydrogen (secondary N) is 1. The summed E-state index contributed by atoms with van der Waals surface area (Å²) in [5.41, 5.74) is 0.281. The van der Waals surface area contributed by atoms with E-state index in [1.807, 2.05) is 7.05 Å². The van der Waals surface area contributed by atoms with Crippen LogP contribution in [0.4, 0.5) is 18.9 Å². The molecule has 1 N–H and O–H groups in total. The fourth-order valence-electron chi connectivity index (χ4n) is 2.67. The van der Waals surface area contributed by atoms with Crippen LogP contribution in [0.3, 0.4) is 0 Å². The van der Waals surface area contributed by atoms with Crippen molar-refractivity contribution in [3.8, 4) is 0 Å². The summed E-state index contributed by atoms with van der Waals surface area (Å²) in [6, 6.07) is 5.93. The summed E-state index contributed by atoms with van der Waals surface area (Å²) in [4.78, 5) is 2.15. The molecule has 1 aliphatic rings. The molecule has 2 atom stereocenters. The Hall–Kier alpha value is -1.23. The maximum Gasteiger partial charge on any atom is 0.416 e. The van der Waals surface area contributed by atoms with Crippen molar-refractivity contribution < 1.29 is 13.2 Å². The number of nitrogens with zero attached hydrogens (tertiary/aromatic N) is 1. The van der Waals surface area contributed by atoms with Gasteiger partial charge in [-0.15, -0.1) is 0 Å². The first-order valence-corrected chi connectivity index (χ1v) is 6.51. The van der Waals surface area contributed by atoms with Gasteiger partial charge in [-0.2, -0.15) is 13.2 Å². The third-order valence-corrected chi connectivity index (χ3v) is 3.84. The summed E-state index contributed by atoms with van der Waals surface area (Å²) in [5, 5.41) is 3.28. The fourth-order valence-corrected chi connectivity index (χ4v) is 2.67. The Balaban J connectivity index is 2.07. The minimum Gasteiger partial charge on any atom is -0.371 e. The van der Waals surface area contributed by atoms with Crippen molar-refractivity contribution in [2.24, 2.45) is 5.92 Å². The largest absolute Gasteiger partial charge is 0.416 e. The second-order valence-electron chi connectivity index (χ2n) is 5.15. The topological polar surface area (TPSA) is 15.3 Å². The van der Waals surface area contributed by atoms with Gasteiger partial charge in [-0.05, 0) is 43.7 Å². The lowest BCUT2D eigenvalue weighted by Crippen LogP contribution is -2.47. The Morgan fingerprint density at radius 2 is 1.84 bits per heavy atom. The van der Waals surface area contributed by atoms with Gasteiger partial charge < -0.3 is 10.2 Å². The highest BCUT2D eigenvalue weighted by Crippen LogP contribution is 2.31. The number of alkyl halides is 3. The second kappa shape index (κ2) is 5.41. The van der Waals surface area contributed by atoms with Crippen LogP contribution in [-0.4, -0.2) is 26.2 Å². The van der Waals surface area contributed by atoms with Crippen LogP contribution in [0, 0.1) is 5.92 Å². The molecule has 2 unspecified atom stereocenters. The molecule has 1 aromatic carbocycles. The molecule has 1 aliphatic heterocycles. The van der Waals surface area contributed by atoms with Crippen molar-refractivity contribution >= 4 is 5.69 Å². The zero-order valence-corrected chi connectivity index (χ0v) is 11.2. The quantitative estimate of drug-likeness (QED) is 0.889. The molecule has 1 aromatic rings. The van der Waals surface area contributed by atoms with Crippen LogP contribution in [0.25, 0.3) is 0 Å². The molecule has 0 saturated carbocycles. The van der Waals surface area contributed by atoms with Crippen LogP contribution in [0.5, 0.6) is 0 Å². The maximum atomic E-state index is 12.5. The number of benzene rings is 1. The zero-order valence-electron chi connectivity index (χ0n) is 11.2.